The average Bonchev–Trinajstić information content (AvgIpc) is 2.48. The van der Waals surface area contributed by atoms with Gasteiger partial charge in [-0.15, -0.1) is 0 Å². The molecule has 2 rings (SSSR count). The first kappa shape index (κ1) is 14.4. The molecule has 0 radical (unpaired) electrons. The van der Waals surface area contributed by atoms with Crippen LogP contribution in [0.15, 0.2) is 0 Å². The molecule has 0 heterocycles. The summed E-state index contributed by atoms with van der Waals surface area (Å²) in [6.07, 6.45) is 17.9. The van der Waals surface area contributed by atoms with Crippen LogP contribution < -0.4 is 0 Å². The lowest BCUT2D eigenvalue weighted by Gasteiger charge is -2.48. The zero-order chi connectivity index (χ0) is 13.1. The van der Waals surface area contributed by atoms with Gasteiger partial charge in [0.25, 0.3) is 0 Å². The number of rotatable bonds is 1. The van der Waals surface area contributed by atoms with Gasteiger partial charge in [-0.2, -0.15) is 0 Å². The molecule has 0 spiro atoms. The molecule has 106 valence electrons. The largest absolute Gasteiger partial charge is 0.0625 e. The normalized spacial score (nSPS) is 38.5. The molecular formula is C18H34. The van der Waals surface area contributed by atoms with Gasteiger partial charge >= 0.3 is 0 Å². The Hall–Kier alpha value is 0. The molecule has 0 aromatic carbocycles. The summed E-state index contributed by atoms with van der Waals surface area (Å²) >= 11 is 0. The minimum Gasteiger partial charge on any atom is -0.0625 e. The smallest absolute Gasteiger partial charge is 0.0272 e. The van der Waals surface area contributed by atoms with E-state index in [0.717, 1.165) is 5.92 Å². The quantitative estimate of drug-likeness (QED) is 0.476. The molecule has 2 aliphatic carbocycles. The van der Waals surface area contributed by atoms with Crippen LogP contribution in [0.4, 0.5) is 0 Å². The van der Waals surface area contributed by atoms with Crippen molar-refractivity contribution in [1.29, 1.82) is 0 Å². The summed E-state index contributed by atoms with van der Waals surface area (Å²) in [6.45, 7) is 7.73. The van der Waals surface area contributed by atoms with Gasteiger partial charge in [0.15, 0.2) is 0 Å². The fourth-order valence-electron chi connectivity index (χ4n) is 4.57. The summed E-state index contributed by atoms with van der Waals surface area (Å²) < 4.78 is 0. The molecule has 2 fully saturated rings. The Morgan fingerprint density at radius 3 is 1.78 bits per heavy atom. The van der Waals surface area contributed by atoms with Gasteiger partial charge < -0.3 is 0 Å². The summed E-state index contributed by atoms with van der Waals surface area (Å²) in [7, 11) is 0. The molecule has 0 heteroatoms. The van der Waals surface area contributed by atoms with Crippen LogP contribution in [-0.2, 0) is 0 Å². The topological polar surface area (TPSA) is 0 Å². The highest BCUT2D eigenvalue weighted by Crippen LogP contribution is 2.55. The zero-order valence-electron chi connectivity index (χ0n) is 13.1. The molecule has 0 aromatic heterocycles. The molecule has 2 aliphatic rings. The van der Waals surface area contributed by atoms with Crippen molar-refractivity contribution >= 4 is 0 Å². The Bertz CT molecular complexity index is 239. The maximum atomic E-state index is 2.63. The first-order valence-electron chi connectivity index (χ1n) is 8.56. The lowest BCUT2D eigenvalue weighted by atomic mass is 9.57. The first-order valence-corrected chi connectivity index (χ1v) is 8.56. The van der Waals surface area contributed by atoms with E-state index in [9.17, 15) is 0 Å². The van der Waals surface area contributed by atoms with Gasteiger partial charge in [-0.1, -0.05) is 72.1 Å². The highest BCUT2D eigenvalue weighted by Gasteiger charge is 2.43. The van der Waals surface area contributed by atoms with Crippen LogP contribution in [0.2, 0.25) is 0 Å². The van der Waals surface area contributed by atoms with E-state index in [-0.39, 0.29) is 0 Å². The van der Waals surface area contributed by atoms with Crippen molar-refractivity contribution in [1.82, 2.24) is 0 Å². The van der Waals surface area contributed by atoms with E-state index < -0.39 is 0 Å². The maximum absolute atomic E-state index is 2.63. The van der Waals surface area contributed by atoms with Crippen molar-refractivity contribution in [2.24, 2.45) is 16.7 Å². The Morgan fingerprint density at radius 2 is 1.11 bits per heavy atom. The van der Waals surface area contributed by atoms with E-state index in [1.807, 2.05) is 0 Å². The molecule has 0 aliphatic heterocycles. The standard InChI is InChI=1S/C18H34/c1-16-10-9-14-18(3,15-11-16)17(2)12-7-5-4-6-8-13-17/h16H,4-15H2,1-3H3. The highest BCUT2D eigenvalue weighted by atomic mass is 14.5. The van der Waals surface area contributed by atoms with Gasteiger partial charge in [0, 0.05) is 0 Å². The number of hydrogen-bond acceptors (Lipinski definition) is 0. The predicted molar refractivity (Wildman–Crippen MR) is 80.8 cm³/mol. The second-order valence-electron chi connectivity index (χ2n) is 7.93. The van der Waals surface area contributed by atoms with Crippen LogP contribution in [0.3, 0.4) is 0 Å². The van der Waals surface area contributed by atoms with Gasteiger partial charge in [0.05, 0.1) is 0 Å². The summed E-state index contributed by atoms with van der Waals surface area (Å²) in [6, 6.07) is 0. The summed E-state index contributed by atoms with van der Waals surface area (Å²) in [5.41, 5.74) is 1.27. The van der Waals surface area contributed by atoms with Crippen LogP contribution >= 0.6 is 0 Å². The second-order valence-corrected chi connectivity index (χ2v) is 7.93. The summed E-state index contributed by atoms with van der Waals surface area (Å²) in [4.78, 5) is 0. The van der Waals surface area contributed by atoms with Gasteiger partial charge in [0.2, 0.25) is 0 Å². The third kappa shape index (κ3) is 3.11. The van der Waals surface area contributed by atoms with Crippen LogP contribution in [0, 0.1) is 16.7 Å². The van der Waals surface area contributed by atoms with E-state index in [0.29, 0.717) is 10.8 Å². The first-order chi connectivity index (χ1) is 8.56. The van der Waals surface area contributed by atoms with Gasteiger partial charge in [-0.05, 0) is 42.4 Å². The molecule has 0 N–H and O–H groups in total. The SMILES string of the molecule is CC1CCCC(C)(C2(C)CCCCCCC2)CC1. The van der Waals surface area contributed by atoms with E-state index in [1.165, 1.54) is 77.0 Å². The lowest BCUT2D eigenvalue weighted by Crippen LogP contribution is -2.38. The van der Waals surface area contributed by atoms with Crippen LogP contribution in [0.5, 0.6) is 0 Å². The maximum Gasteiger partial charge on any atom is -0.0272 e. The Balaban J connectivity index is 2.09. The van der Waals surface area contributed by atoms with Crippen molar-refractivity contribution in [3.8, 4) is 0 Å². The van der Waals surface area contributed by atoms with Crippen LogP contribution in [0.1, 0.15) is 97.8 Å². The molecular weight excluding hydrogens is 216 g/mol. The van der Waals surface area contributed by atoms with Crippen molar-refractivity contribution in [3.05, 3.63) is 0 Å². The second kappa shape index (κ2) is 5.97. The minimum atomic E-state index is 0.634. The van der Waals surface area contributed by atoms with Crippen molar-refractivity contribution < 1.29 is 0 Å². The van der Waals surface area contributed by atoms with Gasteiger partial charge in [-0.3, -0.25) is 0 Å². The molecule has 2 unspecified atom stereocenters. The predicted octanol–water partition coefficient (Wildman–Crippen LogP) is 6.34. The minimum absolute atomic E-state index is 0.634. The molecule has 0 bridgehead atoms. The lowest BCUT2D eigenvalue weighted by molar-refractivity contribution is 0.0233. The molecule has 0 aromatic rings. The molecule has 0 amide bonds. The summed E-state index contributed by atoms with van der Waals surface area (Å²) in [5.74, 6) is 0.976. The van der Waals surface area contributed by atoms with Crippen molar-refractivity contribution in [2.45, 2.75) is 97.8 Å². The zero-order valence-corrected chi connectivity index (χ0v) is 13.1. The highest BCUT2D eigenvalue weighted by molar-refractivity contribution is 4.94. The Labute approximate surface area is 115 Å². The van der Waals surface area contributed by atoms with Crippen molar-refractivity contribution in [3.63, 3.8) is 0 Å². The molecule has 0 nitrogen and oxygen atoms in total. The van der Waals surface area contributed by atoms with E-state index in [4.69, 9.17) is 0 Å². The van der Waals surface area contributed by atoms with Crippen LogP contribution in [-0.4, -0.2) is 0 Å². The van der Waals surface area contributed by atoms with Gasteiger partial charge in [0.1, 0.15) is 0 Å². The molecule has 0 saturated heterocycles. The fourth-order valence-corrected chi connectivity index (χ4v) is 4.57. The van der Waals surface area contributed by atoms with E-state index in [2.05, 4.69) is 20.8 Å². The molecule has 18 heavy (non-hydrogen) atoms. The molecule has 2 saturated carbocycles. The van der Waals surface area contributed by atoms with Crippen molar-refractivity contribution in [2.75, 3.05) is 0 Å². The number of hydrogen-bond donors (Lipinski definition) is 0. The summed E-state index contributed by atoms with van der Waals surface area (Å²) in [5, 5.41) is 0. The van der Waals surface area contributed by atoms with E-state index >= 15 is 0 Å². The van der Waals surface area contributed by atoms with Gasteiger partial charge in [-0.25, -0.2) is 0 Å². The third-order valence-corrected chi connectivity index (χ3v) is 6.53. The monoisotopic (exact) mass is 250 g/mol. The fraction of sp³-hybridized carbons (Fsp3) is 1.00. The van der Waals surface area contributed by atoms with E-state index in [1.54, 1.807) is 0 Å². The average molecular weight is 250 g/mol. The molecule has 2 atom stereocenters. The Morgan fingerprint density at radius 1 is 0.611 bits per heavy atom. The third-order valence-electron chi connectivity index (χ3n) is 6.53. The van der Waals surface area contributed by atoms with Crippen LogP contribution in [0.25, 0.3) is 0 Å². The Kier molecular flexibility index (Phi) is 4.78.